The summed E-state index contributed by atoms with van der Waals surface area (Å²) in [7, 11) is 0. The van der Waals surface area contributed by atoms with Gasteiger partial charge in [-0.05, 0) is 33.6 Å². The van der Waals surface area contributed by atoms with Crippen molar-refractivity contribution in [1.82, 2.24) is 19.7 Å². The number of nitrogens with one attached hydrogen (secondary N) is 2. The molecule has 2 aromatic rings. The average molecular weight is 391 g/mol. The lowest BCUT2D eigenvalue weighted by atomic mass is 9.83. The molecule has 2 aromatic heterocycles. The van der Waals surface area contributed by atoms with Crippen LogP contribution in [0.2, 0.25) is 5.02 Å². The van der Waals surface area contributed by atoms with Crippen LogP contribution < -0.4 is 15.4 Å². The zero-order valence-electron chi connectivity index (χ0n) is 16.2. The van der Waals surface area contributed by atoms with E-state index in [4.69, 9.17) is 21.4 Å². The molecule has 0 saturated heterocycles. The van der Waals surface area contributed by atoms with E-state index in [1.54, 1.807) is 6.20 Å². The van der Waals surface area contributed by atoms with Gasteiger partial charge in [-0.15, -0.1) is 5.10 Å². The van der Waals surface area contributed by atoms with E-state index in [0.29, 0.717) is 29.3 Å². The van der Waals surface area contributed by atoms with E-state index < -0.39 is 0 Å². The molecule has 2 bridgehead atoms. The van der Waals surface area contributed by atoms with Crippen molar-refractivity contribution in [3.63, 3.8) is 0 Å². The maximum Gasteiger partial charge on any atom is 0.257 e. The van der Waals surface area contributed by atoms with Crippen LogP contribution in [0.1, 0.15) is 58.1 Å². The third-order valence-corrected chi connectivity index (χ3v) is 5.96. The summed E-state index contributed by atoms with van der Waals surface area (Å²) in [5.41, 5.74) is 1.91. The highest BCUT2D eigenvalue weighted by atomic mass is 35.5. The second-order valence-corrected chi connectivity index (χ2v) is 8.34. The monoisotopic (exact) mass is 390 g/mol. The highest BCUT2D eigenvalue weighted by molar-refractivity contribution is 6.32. The van der Waals surface area contributed by atoms with Gasteiger partial charge in [0.05, 0.1) is 24.0 Å². The van der Waals surface area contributed by atoms with Crippen LogP contribution in [0.25, 0.3) is 0 Å². The van der Waals surface area contributed by atoms with Gasteiger partial charge < -0.3 is 15.4 Å². The van der Waals surface area contributed by atoms with Crippen LogP contribution in [-0.4, -0.2) is 32.4 Å². The zero-order valence-corrected chi connectivity index (χ0v) is 16.9. The first-order chi connectivity index (χ1) is 13.0. The van der Waals surface area contributed by atoms with Crippen LogP contribution in [0.3, 0.4) is 0 Å². The van der Waals surface area contributed by atoms with Gasteiger partial charge in [0, 0.05) is 12.5 Å². The Kier molecular flexibility index (Phi) is 4.88. The normalized spacial score (nSPS) is 21.9. The van der Waals surface area contributed by atoms with E-state index in [-0.39, 0.29) is 11.6 Å². The van der Waals surface area contributed by atoms with Gasteiger partial charge in [0.25, 0.3) is 5.88 Å². The highest BCUT2D eigenvalue weighted by Crippen LogP contribution is 2.40. The molecular weight excluding hydrogens is 364 g/mol. The Hall–Kier alpha value is -2.02. The maximum absolute atomic E-state index is 6.25. The molecule has 2 aliphatic rings. The predicted molar refractivity (Wildman–Crippen MR) is 107 cm³/mol. The fraction of sp³-hybridized carbons (Fsp3) is 0.632. The van der Waals surface area contributed by atoms with Crippen LogP contribution in [0.5, 0.6) is 5.88 Å². The number of fused-ring (bicyclic) bond motifs is 3. The van der Waals surface area contributed by atoms with Gasteiger partial charge in [-0.25, -0.2) is 4.98 Å². The molecule has 7 nitrogen and oxygen atoms in total. The van der Waals surface area contributed by atoms with Crippen molar-refractivity contribution >= 4 is 29.1 Å². The molecule has 1 aliphatic carbocycles. The summed E-state index contributed by atoms with van der Waals surface area (Å²) in [5, 5.41) is 12.0. The Labute approximate surface area is 164 Å². The van der Waals surface area contributed by atoms with Crippen molar-refractivity contribution in [2.24, 2.45) is 0 Å². The second kappa shape index (κ2) is 7.19. The predicted octanol–water partition coefficient (Wildman–Crippen LogP) is 4.64. The number of aromatic nitrogens is 4. The van der Waals surface area contributed by atoms with Crippen molar-refractivity contribution in [2.75, 3.05) is 17.2 Å². The summed E-state index contributed by atoms with van der Waals surface area (Å²) in [4.78, 5) is 8.88. The molecule has 1 saturated carbocycles. The summed E-state index contributed by atoms with van der Waals surface area (Å²) in [5.74, 6) is 1.74. The average Bonchev–Trinajstić information content (AvgIpc) is 2.94. The lowest BCUT2D eigenvalue weighted by molar-refractivity contribution is 0.188. The van der Waals surface area contributed by atoms with Gasteiger partial charge in [-0.1, -0.05) is 30.9 Å². The molecule has 1 atom stereocenters. The molecule has 1 unspecified atom stereocenters. The Morgan fingerprint density at radius 3 is 2.85 bits per heavy atom. The van der Waals surface area contributed by atoms with Crippen molar-refractivity contribution in [1.29, 1.82) is 0 Å². The molecular formula is C19H27ClN6O. The lowest BCUT2D eigenvalue weighted by Crippen LogP contribution is -2.34. The Bertz CT molecular complexity index is 830. The van der Waals surface area contributed by atoms with E-state index in [1.165, 1.54) is 19.3 Å². The summed E-state index contributed by atoms with van der Waals surface area (Å²) in [6.07, 6.45) is 8.48. The minimum Gasteiger partial charge on any atom is -0.475 e. The number of rotatable bonds is 1. The van der Waals surface area contributed by atoms with E-state index in [9.17, 15) is 0 Å². The van der Waals surface area contributed by atoms with Gasteiger partial charge in [0.2, 0.25) is 5.95 Å². The lowest BCUT2D eigenvalue weighted by Gasteiger charge is -2.34. The summed E-state index contributed by atoms with van der Waals surface area (Å²) in [6, 6.07) is 0.172. The van der Waals surface area contributed by atoms with Crippen molar-refractivity contribution in [2.45, 2.75) is 70.9 Å². The third-order valence-electron chi connectivity index (χ3n) is 5.68. The van der Waals surface area contributed by atoms with Crippen LogP contribution in [-0.2, 0) is 5.54 Å². The fourth-order valence-electron chi connectivity index (χ4n) is 4.05. The molecule has 2 N–H and O–H groups in total. The Morgan fingerprint density at radius 2 is 2.07 bits per heavy atom. The number of halogens is 1. The quantitative estimate of drug-likeness (QED) is 0.738. The van der Waals surface area contributed by atoms with Gasteiger partial charge in [-0.3, -0.25) is 4.68 Å². The topological polar surface area (TPSA) is 76.9 Å². The largest absolute Gasteiger partial charge is 0.475 e. The molecule has 4 rings (SSSR count). The van der Waals surface area contributed by atoms with Crippen LogP contribution in [0.4, 0.5) is 17.5 Å². The smallest absolute Gasteiger partial charge is 0.257 e. The zero-order chi connectivity index (χ0) is 19.0. The second-order valence-electron chi connectivity index (χ2n) is 7.93. The van der Waals surface area contributed by atoms with E-state index >= 15 is 0 Å². The number of nitrogens with zero attached hydrogens (tertiary/aromatic N) is 4. The SMILES string of the molecule is Cc1c2c(nn1C1(C)CCCCC1)OCCC(C)Nc1nc(ncc1Cl)N2. The van der Waals surface area contributed by atoms with E-state index in [2.05, 4.69) is 46.1 Å². The molecule has 27 heavy (non-hydrogen) atoms. The first-order valence-electron chi connectivity index (χ1n) is 9.75. The van der Waals surface area contributed by atoms with Crippen molar-refractivity contribution < 1.29 is 4.74 Å². The summed E-state index contributed by atoms with van der Waals surface area (Å²) in [6.45, 7) is 7.03. The van der Waals surface area contributed by atoms with Crippen molar-refractivity contribution in [3.8, 4) is 5.88 Å². The molecule has 0 amide bonds. The molecule has 3 heterocycles. The molecule has 0 radical (unpaired) electrons. The number of hydrogen-bond donors (Lipinski definition) is 2. The summed E-state index contributed by atoms with van der Waals surface area (Å²) < 4.78 is 8.22. The number of hydrogen-bond acceptors (Lipinski definition) is 6. The van der Waals surface area contributed by atoms with Crippen molar-refractivity contribution in [3.05, 3.63) is 16.9 Å². The van der Waals surface area contributed by atoms with Gasteiger partial charge >= 0.3 is 0 Å². The number of anilines is 3. The molecule has 0 spiro atoms. The highest BCUT2D eigenvalue weighted by Gasteiger charge is 2.33. The minimum absolute atomic E-state index is 0.0261. The molecule has 8 heteroatoms. The number of ether oxygens (including phenoxy) is 1. The summed E-state index contributed by atoms with van der Waals surface area (Å²) >= 11 is 6.25. The Morgan fingerprint density at radius 1 is 1.30 bits per heavy atom. The molecule has 1 aliphatic heterocycles. The molecule has 1 fully saturated rings. The first-order valence-corrected chi connectivity index (χ1v) is 10.1. The standard InChI is InChI=1S/C19H27ClN6O/c1-12-7-10-27-17-15(23-18-21-11-14(20)16(22-12)24-18)13(2)26(25-17)19(3)8-5-4-6-9-19/h11-12H,4-10H2,1-3H3,(H2,21,22,23,24). The van der Waals surface area contributed by atoms with Gasteiger partial charge in [-0.2, -0.15) is 4.98 Å². The fourth-order valence-corrected chi connectivity index (χ4v) is 4.20. The Balaban J connectivity index is 1.75. The molecule has 146 valence electrons. The maximum atomic E-state index is 6.25. The van der Waals surface area contributed by atoms with E-state index in [0.717, 1.165) is 30.6 Å². The van der Waals surface area contributed by atoms with Crippen LogP contribution >= 0.6 is 11.6 Å². The first kappa shape index (κ1) is 18.3. The van der Waals surface area contributed by atoms with Crippen LogP contribution in [0.15, 0.2) is 6.20 Å². The third kappa shape index (κ3) is 3.57. The van der Waals surface area contributed by atoms with Gasteiger partial charge in [0.1, 0.15) is 10.7 Å². The van der Waals surface area contributed by atoms with E-state index in [1.807, 2.05) is 0 Å². The van der Waals surface area contributed by atoms with Crippen LogP contribution in [0, 0.1) is 6.92 Å². The van der Waals surface area contributed by atoms with Gasteiger partial charge in [0.15, 0.2) is 5.82 Å². The molecule has 0 aromatic carbocycles. The minimum atomic E-state index is 0.0261.